The van der Waals surface area contributed by atoms with E-state index in [4.69, 9.17) is 8.92 Å². The van der Waals surface area contributed by atoms with E-state index in [0.29, 0.717) is 25.4 Å². The fourth-order valence-electron chi connectivity index (χ4n) is 4.38. The number of methoxy groups -OCH3 is 1. The van der Waals surface area contributed by atoms with Gasteiger partial charge in [-0.15, -0.1) is 11.8 Å². The molecule has 9 heteroatoms. The Labute approximate surface area is 198 Å². The Morgan fingerprint density at radius 1 is 1.15 bits per heavy atom. The van der Waals surface area contributed by atoms with Crippen molar-refractivity contribution in [3.05, 3.63) is 48.0 Å². The van der Waals surface area contributed by atoms with Crippen LogP contribution in [-0.4, -0.2) is 56.9 Å². The highest BCUT2D eigenvalue weighted by Crippen LogP contribution is 2.53. The van der Waals surface area contributed by atoms with E-state index >= 15 is 0 Å². The zero-order valence-electron chi connectivity index (χ0n) is 19.2. The summed E-state index contributed by atoms with van der Waals surface area (Å²) < 4.78 is 35.8. The van der Waals surface area contributed by atoms with Crippen molar-refractivity contribution in [2.24, 2.45) is 0 Å². The molecule has 1 unspecified atom stereocenters. The Bertz CT molecular complexity index is 1300. The maximum Gasteiger partial charge on any atom is 0.264 e. The van der Waals surface area contributed by atoms with Crippen molar-refractivity contribution in [1.29, 1.82) is 0 Å². The van der Waals surface area contributed by atoms with Crippen LogP contribution in [0.5, 0.6) is 5.75 Å². The predicted molar refractivity (Wildman–Crippen MR) is 131 cm³/mol. The number of nitrogens with zero attached hydrogens (tertiary/aromatic N) is 2. The van der Waals surface area contributed by atoms with E-state index in [1.165, 1.54) is 0 Å². The third-order valence-electron chi connectivity index (χ3n) is 5.87. The number of hydrogen-bond donors (Lipinski definition) is 0. The van der Waals surface area contributed by atoms with Crippen molar-refractivity contribution in [2.45, 2.75) is 30.5 Å². The Morgan fingerprint density at radius 2 is 1.88 bits per heavy atom. The summed E-state index contributed by atoms with van der Waals surface area (Å²) in [4.78, 5) is 16.5. The van der Waals surface area contributed by atoms with Gasteiger partial charge in [-0.1, -0.05) is 18.2 Å². The lowest BCUT2D eigenvalue weighted by atomic mass is 10.0. The molecule has 1 atom stereocenters. The Morgan fingerprint density at radius 3 is 2.55 bits per heavy atom. The molecular formula is C24H28N2O5S2. The molecule has 176 valence electrons. The van der Waals surface area contributed by atoms with E-state index in [-0.39, 0.29) is 12.5 Å². The van der Waals surface area contributed by atoms with Gasteiger partial charge in [0.1, 0.15) is 11.0 Å². The van der Waals surface area contributed by atoms with Gasteiger partial charge in [0.15, 0.2) is 0 Å². The third kappa shape index (κ3) is 4.49. The first-order valence-corrected chi connectivity index (χ1v) is 13.6. The third-order valence-corrected chi connectivity index (χ3v) is 7.75. The number of hydrogen-bond acceptors (Lipinski definition) is 6. The van der Waals surface area contributed by atoms with Gasteiger partial charge in [0.05, 0.1) is 31.2 Å². The van der Waals surface area contributed by atoms with Crippen molar-refractivity contribution < 1.29 is 22.1 Å². The summed E-state index contributed by atoms with van der Waals surface area (Å²) >= 11 is 1.57. The fourth-order valence-corrected chi connectivity index (χ4v) is 6.06. The van der Waals surface area contributed by atoms with Gasteiger partial charge < -0.3 is 14.2 Å². The minimum Gasteiger partial charge on any atom is -0.497 e. The summed E-state index contributed by atoms with van der Waals surface area (Å²) in [6.45, 7) is 5.56. The standard InChI is InChI=1S/C24H28N2O5S2/c1-5-25(6-2)24(27)23-21-17-12-11-16(30-3)15-19(17)26(13-14-31-33(4,28)29)22(21)18-9-7-8-10-20(18)32-23/h7-12,15,23H,5-6,13-14H2,1-4H3. The largest absolute Gasteiger partial charge is 0.497 e. The second-order valence-electron chi connectivity index (χ2n) is 7.83. The van der Waals surface area contributed by atoms with Gasteiger partial charge in [0.2, 0.25) is 5.91 Å². The lowest BCUT2D eigenvalue weighted by molar-refractivity contribution is -0.130. The van der Waals surface area contributed by atoms with E-state index in [1.54, 1.807) is 18.9 Å². The van der Waals surface area contributed by atoms with E-state index < -0.39 is 15.4 Å². The second kappa shape index (κ2) is 9.40. The molecule has 1 amide bonds. The number of amides is 1. The summed E-state index contributed by atoms with van der Waals surface area (Å²) in [5.41, 5.74) is 3.78. The quantitative estimate of drug-likeness (QED) is 0.440. The molecular weight excluding hydrogens is 460 g/mol. The molecule has 0 aliphatic carbocycles. The Balaban J connectivity index is 1.97. The van der Waals surface area contributed by atoms with Crippen molar-refractivity contribution in [2.75, 3.05) is 33.1 Å². The molecule has 33 heavy (non-hydrogen) atoms. The Kier molecular flexibility index (Phi) is 6.74. The fraction of sp³-hybridized carbons (Fsp3) is 0.375. The van der Waals surface area contributed by atoms with Crippen molar-refractivity contribution in [1.82, 2.24) is 9.47 Å². The van der Waals surface area contributed by atoms with Crippen LogP contribution >= 0.6 is 11.8 Å². The van der Waals surface area contributed by atoms with Crippen LogP contribution in [0, 0.1) is 0 Å². The molecule has 0 saturated heterocycles. The number of aromatic nitrogens is 1. The number of carbonyl (C=O) groups is 1. The zero-order valence-corrected chi connectivity index (χ0v) is 20.8. The first-order valence-electron chi connectivity index (χ1n) is 10.9. The van der Waals surface area contributed by atoms with E-state index in [2.05, 4.69) is 4.57 Å². The van der Waals surface area contributed by atoms with Crippen LogP contribution in [-0.2, 0) is 25.6 Å². The van der Waals surface area contributed by atoms with Crippen molar-refractivity contribution >= 4 is 38.7 Å². The van der Waals surface area contributed by atoms with Crippen LogP contribution in [0.25, 0.3) is 22.2 Å². The highest BCUT2D eigenvalue weighted by Gasteiger charge is 2.37. The number of carbonyl (C=O) groups excluding carboxylic acids is 1. The number of rotatable bonds is 8. The monoisotopic (exact) mass is 488 g/mol. The normalized spacial score (nSPS) is 15.2. The van der Waals surface area contributed by atoms with Crippen LogP contribution in [0.1, 0.15) is 24.7 Å². The SMILES string of the molecule is CCN(CC)C(=O)C1Sc2ccccc2-c2c1c1ccc(OC)cc1n2CCOS(C)(=O)=O. The molecule has 1 aliphatic rings. The summed E-state index contributed by atoms with van der Waals surface area (Å²) in [6.07, 6.45) is 1.05. The number of thioether (sulfide) groups is 1. The Hall–Kier alpha value is -2.49. The minimum absolute atomic E-state index is 0.00374. The topological polar surface area (TPSA) is 77.8 Å². The first kappa shape index (κ1) is 23.7. The molecule has 0 saturated carbocycles. The molecule has 1 aromatic heterocycles. The van der Waals surface area contributed by atoms with Crippen LogP contribution in [0.2, 0.25) is 0 Å². The molecule has 2 aromatic carbocycles. The lowest BCUT2D eigenvalue weighted by Crippen LogP contribution is -2.34. The van der Waals surface area contributed by atoms with Gasteiger partial charge in [-0.25, -0.2) is 0 Å². The summed E-state index contributed by atoms with van der Waals surface area (Å²) in [6, 6.07) is 13.8. The zero-order chi connectivity index (χ0) is 23.8. The molecule has 1 aliphatic heterocycles. The van der Waals surface area contributed by atoms with Crippen molar-refractivity contribution in [3.8, 4) is 17.0 Å². The smallest absolute Gasteiger partial charge is 0.264 e. The van der Waals surface area contributed by atoms with Crippen LogP contribution in [0.3, 0.4) is 0 Å². The minimum atomic E-state index is -3.57. The highest BCUT2D eigenvalue weighted by atomic mass is 32.2. The highest BCUT2D eigenvalue weighted by molar-refractivity contribution is 8.00. The van der Waals surface area contributed by atoms with Crippen LogP contribution in [0.4, 0.5) is 0 Å². The maximum absolute atomic E-state index is 13.6. The maximum atomic E-state index is 13.6. The van der Waals surface area contributed by atoms with Crippen LogP contribution < -0.4 is 4.74 Å². The average Bonchev–Trinajstić information content (AvgIpc) is 3.12. The summed E-state index contributed by atoms with van der Waals surface area (Å²) in [5, 5.41) is 0.556. The molecule has 7 nitrogen and oxygen atoms in total. The molecule has 2 heterocycles. The van der Waals surface area contributed by atoms with Crippen molar-refractivity contribution in [3.63, 3.8) is 0 Å². The van der Waals surface area contributed by atoms with Gasteiger partial charge in [-0.05, 0) is 32.0 Å². The lowest BCUT2D eigenvalue weighted by Gasteiger charge is -2.30. The molecule has 0 spiro atoms. The number of benzene rings is 2. The average molecular weight is 489 g/mol. The second-order valence-corrected chi connectivity index (χ2v) is 10.6. The molecule has 0 bridgehead atoms. The molecule has 4 rings (SSSR count). The van der Waals surface area contributed by atoms with Gasteiger partial charge >= 0.3 is 0 Å². The number of ether oxygens (including phenoxy) is 1. The number of likely N-dealkylation sites (N-methyl/N-ethyl adjacent to an activating group) is 1. The van der Waals surface area contributed by atoms with E-state index in [0.717, 1.165) is 38.9 Å². The summed E-state index contributed by atoms with van der Waals surface area (Å²) in [7, 11) is -1.96. The molecule has 3 aromatic rings. The van der Waals surface area contributed by atoms with E-state index in [1.807, 2.05) is 61.2 Å². The first-order chi connectivity index (χ1) is 15.8. The molecule has 0 fully saturated rings. The van der Waals surface area contributed by atoms with E-state index in [9.17, 15) is 13.2 Å². The van der Waals surface area contributed by atoms with Gasteiger partial charge in [0.25, 0.3) is 10.1 Å². The summed E-state index contributed by atoms with van der Waals surface area (Å²) in [5.74, 6) is 0.762. The molecule has 0 radical (unpaired) electrons. The van der Waals surface area contributed by atoms with Gasteiger partial charge in [-0.2, -0.15) is 8.42 Å². The van der Waals surface area contributed by atoms with Crippen LogP contribution in [0.15, 0.2) is 47.4 Å². The number of fused-ring (bicyclic) bond motifs is 5. The predicted octanol–water partition coefficient (Wildman–Crippen LogP) is 4.31. The molecule has 0 N–H and O–H groups in total. The van der Waals surface area contributed by atoms with Gasteiger partial charge in [-0.3, -0.25) is 8.98 Å². The van der Waals surface area contributed by atoms with Gasteiger partial charge in [0, 0.05) is 47.1 Å².